The van der Waals surface area contributed by atoms with Crippen LogP contribution in [0.2, 0.25) is 0 Å². The van der Waals surface area contributed by atoms with Gasteiger partial charge >= 0.3 is 6.03 Å². The van der Waals surface area contributed by atoms with Crippen LogP contribution in [0.15, 0.2) is 35.5 Å². The highest BCUT2D eigenvalue weighted by Gasteiger charge is 2.02. The highest BCUT2D eigenvalue weighted by Crippen LogP contribution is 2.19. The van der Waals surface area contributed by atoms with Crippen molar-refractivity contribution in [1.29, 1.82) is 0 Å². The molecule has 4 heteroatoms. The summed E-state index contributed by atoms with van der Waals surface area (Å²) in [6.45, 7) is 5.32. The van der Waals surface area contributed by atoms with E-state index < -0.39 is 0 Å². The lowest BCUT2D eigenvalue weighted by Crippen LogP contribution is -2.23. The SMILES string of the molecule is C=CNC(=O)Nc1ccc(Br)cc1C. The minimum absolute atomic E-state index is 0.287. The van der Waals surface area contributed by atoms with Crippen LogP contribution >= 0.6 is 15.9 Å². The van der Waals surface area contributed by atoms with Crippen LogP contribution in [0.1, 0.15) is 5.56 Å². The molecule has 0 spiro atoms. The molecule has 0 aromatic heterocycles. The van der Waals surface area contributed by atoms with Crippen LogP contribution in [0.25, 0.3) is 0 Å². The zero-order valence-electron chi connectivity index (χ0n) is 7.80. The molecule has 3 nitrogen and oxygen atoms in total. The van der Waals surface area contributed by atoms with Gasteiger partial charge in [0.25, 0.3) is 0 Å². The van der Waals surface area contributed by atoms with E-state index in [0.717, 1.165) is 15.7 Å². The number of hydrogen-bond donors (Lipinski definition) is 2. The molecule has 0 bridgehead atoms. The Bertz CT molecular complexity index is 363. The van der Waals surface area contributed by atoms with Crippen LogP contribution in [-0.4, -0.2) is 6.03 Å². The van der Waals surface area contributed by atoms with E-state index in [9.17, 15) is 4.79 Å². The topological polar surface area (TPSA) is 41.1 Å². The summed E-state index contributed by atoms with van der Waals surface area (Å²) in [5.74, 6) is 0. The van der Waals surface area contributed by atoms with E-state index >= 15 is 0 Å². The standard InChI is InChI=1S/C10H11BrN2O/c1-3-12-10(14)13-9-5-4-8(11)6-7(9)2/h3-6H,1H2,2H3,(H2,12,13,14). The Balaban J connectivity index is 2.76. The van der Waals surface area contributed by atoms with E-state index in [1.807, 2.05) is 25.1 Å². The maximum absolute atomic E-state index is 11.1. The number of nitrogens with one attached hydrogen (secondary N) is 2. The fraction of sp³-hybridized carbons (Fsp3) is 0.100. The van der Waals surface area contributed by atoms with Crippen LogP contribution in [0.4, 0.5) is 10.5 Å². The first-order chi connectivity index (χ1) is 6.63. The Morgan fingerprint density at radius 2 is 2.29 bits per heavy atom. The van der Waals surface area contributed by atoms with Crippen molar-refractivity contribution < 1.29 is 4.79 Å². The summed E-state index contributed by atoms with van der Waals surface area (Å²) >= 11 is 3.35. The van der Waals surface area contributed by atoms with Gasteiger partial charge in [0.2, 0.25) is 0 Å². The van der Waals surface area contributed by atoms with Gasteiger partial charge in [0, 0.05) is 10.2 Å². The second-order valence-corrected chi connectivity index (χ2v) is 3.68. The van der Waals surface area contributed by atoms with Crippen molar-refractivity contribution in [3.05, 3.63) is 41.0 Å². The maximum Gasteiger partial charge on any atom is 0.323 e. The summed E-state index contributed by atoms with van der Waals surface area (Å²) in [4.78, 5) is 11.1. The van der Waals surface area contributed by atoms with Crippen LogP contribution in [0, 0.1) is 6.92 Å². The number of hydrogen-bond acceptors (Lipinski definition) is 1. The Labute approximate surface area is 91.3 Å². The molecule has 1 aromatic carbocycles. The molecule has 0 unspecified atom stereocenters. The molecule has 2 N–H and O–H groups in total. The maximum atomic E-state index is 11.1. The average Bonchev–Trinajstić information content (AvgIpc) is 2.10. The minimum atomic E-state index is -0.287. The van der Waals surface area contributed by atoms with Gasteiger partial charge in [-0.15, -0.1) is 0 Å². The lowest BCUT2D eigenvalue weighted by molar-refractivity contribution is 0.255. The predicted octanol–water partition coefficient (Wildman–Crippen LogP) is 3.02. The largest absolute Gasteiger partial charge is 0.323 e. The van der Waals surface area contributed by atoms with Gasteiger partial charge in [-0.1, -0.05) is 22.5 Å². The number of rotatable bonds is 2. The number of halogens is 1. The molecular weight excluding hydrogens is 244 g/mol. The van der Waals surface area contributed by atoms with Gasteiger partial charge in [-0.2, -0.15) is 0 Å². The van der Waals surface area contributed by atoms with Gasteiger partial charge in [-0.25, -0.2) is 4.79 Å². The first-order valence-electron chi connectivity index (χ1n) is 4.08. The van der Waals surface area contributed by atoms with Gasteiger partial charge in [0.15, 0.2) is 0 Å². The molecule has 0 aliphatic heterocycles. The van der Waals surface area contributed by atoms with Gasteiger partial charge in [0.05, 0.1) is 0 Å². The number of urea groups is 1. The molecule has 0 heterocycles. The van der Waals surface area contributed by atoms with Crippen molar-refractivity contribution in [2.24, 2.45) is 0 Å². The third-order valence-electron chi connectivity index (χ3n) is 1.67. The summed E-state index contributed by atoms with van der Waals surface area (Å²) in [7, 11) is 0. The third kappa shape index (κ3) is 2.88. The van der Waals surface area contributed by atoms with Crippen molar-refractivity contribution in [2.75, 3.05) is 5.32 Å². The van der Waals surface area contributed by atoms with Gasteiger partial charge < -0.3 is 10.6 Å². The molecule has 0 aliphatic carbocycles. The molecule has 0 saturated carbocycles. The Kier molecular flexibility index (Phi) is 3.71. The predicted molar refractivity (Wildman–Crippen MR) is 61.2 cm³/mol. The first kappa shape index (κ1) is 10.8. The van der Waals surface area contributed by atoms with Crippen molar-refractivity contribution >= 4 is 27.6 Å². The number of aryl methyl sites for hydroxylation is 1. The summed E-state index contributed by atoms with van der Waals surface area (Å²) in [5.41, 5.74) is 1.78. The number of anilines is 1. The average molecular weight is 255 g/mol. The summed E-state index contributed by atoms with van der Waals surface area (Å²) in [6, 6.07) is 5.35. The van der Waals surface area contributed by atoms with Crippen LogP contribution in [0.5, 0.6) is 0 Å². The number of benzene rings is 1. The molecule has 0 fully saturated rings. The van der Waals surface area contributed by atoms with Crippen LogP contribution < -0.4 is 10.6 Å². The summed E-state index contributed by atoms with van der Waals surface area (Å²) in [6.07, 6.45) is 1.34. The van der Waals surface area contributed by atoms with E-state index in [-0.39, 0.29) is 6.03 Å². The molecule has 1 aromatic rings. The number of carbonyl (C=O) groups is 1. The second-order valence-electron chi connectivity index (χ2n) is 2.76. The van der Waals surface area contributed by atoms with Crippen molar-refractivity contribution in [3.8, 4) is 0 Å². The summed E-state index contributed by atoms with van der Waals surface area (Å²) in [5, 5.41) is 5.13. The van der Waals surface area contributed by atoms with Crippen molar-refractivity contribution in [1.82, 2.24) is 5.32 Å². The third-order valence-corrected chi connectivity index (χ3v) is 2.16. The first-order valence-corrected chi connectivity index (χ1v) is 4.87. The molecule has 1 rings (SSSR count). The monoisotopic (exact) mass is 254 g/mol. The fourth-order valence-electron chi connectivity index (χ4n) is 1.02. The van der Waals surface area contributed by atoms with Crippen LogP contribution in [0.3, 0.4) is 0 Å². The lowest BCUT2D eigenvalue weighted by Gasteiger charge is -2.07. The molecule has 2 amide bonds. The molecular formula is C10H11BrN2O. The Morgan fingerprint density at radius 1 is 1.57 bits per heavy atom. The number of amides is 2. The van der Waals surface area contributed by atoms with Gasteiger partial charge in [-0.05, 0) is 36.9 Å². The van der Waals surface area contributed by atoms with E-state index in [0.29, 0.717) is 0 Å². The number of carbonyl (C=O) groups excluding carboxylic acids is 1. The molecule has 0 atom stereocenters. The highest BCUT2D eigenvalue weighted by molar-refractivity contribution is 9.10. The van der Waals surface area contributed by atoms with Gasteiger partial charge in [0.1, 0.15) is 0 Å². The second kappa shape index (κ2) is 4.81. The van der Waals surface area contributed by atoms with E-state index in [2.05, 4.69) is 33.1 Å². The molecule has 0 radical (unpaired) electrons. The van der Waals surface area contributed by atoms with E-state index in [1.165, 1.54) is 6.20 Å². The molecule has 0 aliphatic rings. The molecule has 74 valence electrons. The highest BCUT2D eigenvalue weighted by atomic mass is 79.9. The Morgan fingerprint density at radius 3 is 2.86 bits per heavy atom. The quantitative estimate of drug-likeness (QED) is 0.837. The van der Waals surface area contributed by atoms with Crippen molar-refractivity contribution in [3.63, 3.8) is 0 Å². The fourth-order valence-corrected chi connectivity index (χ4v) is 1.49. The normalized spacial score (nSPS) is 9.29. The molecule has 14 heavy (non-hydrogen) atoms. The van der Waals surface area contributed by atoms with Gasteiger partial charge in [-0.3, -0.25) is 0 Å². The zero-order chi connectivity index (χ0) is 10.6. The Hall–Kier alpha value is -1.29. The smallest absolute Gasteiger partial charge is 0.315 e. The van der Waals surface area contributed by atoms with Crippen molar-refractivity contribution in [2.45, 2.75) is 6.92 Å². The summed E-state index contributed by atoms with van der Waals surface area (Å²) < 4.78 is 0.990. The van der Waals surface area contributed by atoms with E-state index in [1.54, 1.807) is 0 Å². The van der Waals surface area contributed by atoms with E-state index in [4.69, 9.17) is 0 Å². The lowest BCUT2D eigenvalue weighted by atomic mass is 10.2. The molecule has 0 saturated heterocycles. The minimum Gasteiger partial charge on any atom is -0.315 e. The van der Waals surface area contributed by atoms with Crippen LogP contribution in [-0.2, 0) is 0 Å². The zero-order valence-corrected chi connectivity index (χ0v) is 9.39.